The van der Waals surface area contributed by atoms with Crippen molar-refractivity contribution < 1.29 is 19.1 Å². The van der Waals surface area contributed by atoms with Crippen LogP contribution in [0.25, 0.3) is 0 Å². The quantitative estimate of drug-likeness (QED) is 0.364. The summed E-state index contributed by atoms with van der Waals surface area (Å²) in [7, 11) is 3.56. The van der Waals surface area contributed by atoms with Gasteiger partial charge in [-0.05, 0) is 49.4 Å². The second-order valence-electron chi connectivity index (χ2n) is 11.8. The van der Waals surface area contributed by atoms with Gasteiger partial charge in [0.2, 0.25) is 5.91 Å². The van der Waals surface area contributed by atoms with Gasteiger partial charge in [-0.1, -0.05) is 62.7 Å². The molecule has 0 radical (unpaired) electrons. The fraction of sp³-hybridized carbons (Fsp3) is 0.545. The first-order valence-corrected chi connectivity index (χ1v) is 15.3. The third-order valence-electron chi connectivity index (χ3n) is 8.68. The zero-order valence-corrected chi connectivity index (χ0v) is 26.1. The third kappa shape index (κ3) is 6.56. The maximum absolute atomic E-state index is 13.8. The first kappa shape index (κ1) is 31.3. The van der Waals surface area contributed by atoms with Gasteiger partial charge in [0.15, 0.2) is 6.23 Å². The van der Waals surface area contributed by atoms with E-state index in [0.717, 1.165) is 37.2 Å². The van der Waals surface area contributed by atoms with Gasteiger partial charge in [-0.15, -0.1) is 0 Å². The van der Waals surface area contributed by atoms with Crippen molar-refractivity contribution in [3.8, 4) is 5.75 Å². The predicted molar refractivity (Wildman–Crippen MR) is 164 cm³/mol. The zero-order valence-electron chi connectivity index (χ0n) is 26.1. The lowest BCUT2D eigenvalue weighted by Crippen LogP contribution is -2.73. The molecule has 0 aromatic heterocycles. The van der Waals surface area contributed by atoms with E-state index in [1.807, 2.05) is 81.1 Å². The Morgan fingerprint density at radius 3 is 2.02 bits per heavy atom. The van der Waals surface area contributed by atoms with Crippen LogP contribution in [0.4, 0.5) is 9.59 Å². The molecule has 0 spiro atoms. The van der Waals surface area contributed by atoms with Gasteiger partial charge in [0, 0.05) is 59.9 Å². The molecule has 2 aliphatic rings. The molecule has 2 saturated heterocycles. The van der Waals surface area contributed by atoms with Gasteiger partial charge in [-0.3, -0.25) is 9.69 Å². The highest BCUT2D eigenvalue weighted by Crippen LogP contribution is 2.46. The summed E-state index contributed by atoms with van der Waals surface area (Å²) in [6, 6.07) is 15.8. The van der Waals surface area contributed by atoms with Gasteiger partial charge < -0.3 is 19.4 Å². The fourth-order valence-corrected chi connectivity index (χ4v) is 5.91. The van der Waals surface area contributed by atoms with Crippen LogP contribution >= 0.6 is 0 Å². The third-order valence-corrected chi connectivity index (χ3v) is 8.68. The minimum absolute atomic E-state index is 0.0568. The number of carbonyl (C=O) groups is 3. The van der Waals surface area contributed by atoms with Gasteiger partial charge in [-0.25, -0.2) is 14.5 Å². The molecule has 42 heavy (non-hydrogen) atoms. The number of aryl methyl sites for hydroxylation is 1. The standard InChI is InChI=1S/C33H47N5O4/c1-7-18-37(24-27-12-10-25(4)11-13-27)32(41)38-29(39)33(8-2,9-3)30(38)42-28-16-14-26(15-17-28)23-35-19-21-36(22-20-35)31(40)34(5)6/h10-17,30H,7-9,18-24H2,1-6H3. The number of hydrogen-bond donors (Lipinski definition) is 0. The normalized spacial score (nSPS) is 18.4. The summed E-state index contributed by atoms with van der Waals surface area (Å²) in [6.45, 7) is 12.9. The number of β-lactam (4-membered cyclic amide) rings is 1. The van der Waals surface area contributed by atoms with Crippen molar-refractivity contribution >= 4 is 18.0 Å². The Balaban J connectivity index is 1.43. The van der Waals surface area contributed by atoms with E-state index in [-0.39, 0.29) is 18.0 Å². The lowest BCUT2D eigenvalue weighted by atomic mass is 9.72. The molecule has 1 atom stereocenters. The van der Waals surface area contributed by atoms with Crippen molar-refractivity contribution in [2.75, 3.05) is 46.8 Å². The van der Waals surface area contributed by atoms with Gasteiger partial charge >= 0.3 is 12.1 Å². The van der Waals surface area contributed by atoms with Gasteiger partial charge in [0.25, 0.3) is 0 Å². The van der Waals surface area contributed by atoms with Crippen molar-refractivity contribution in [3.05, 3.63) is 65.2 Å². The maximum Gasteiger partial charge on any atom is 0.330 e. The van der Waals surface area contributed by atoms with E-state index in [2.05, 4.69) is 4.90 Å². The molecule has 0 bridgehead atoms. The van der Waals surface area contributed by atoms with Crippen molar-refractivity contribution in [2.24, 2.45) is 5.41 Å². The van der Waals surface area contributed by atoms with Crippen LogP contribution in [-0.4, -0.2) is 95.5 Å². The summed E-state index contributed by atoms with van der Waals surface area (Å²) < 4.78 is 6.45. The molecule has 2 heterocycles. The Morgan fingerprint density at radius 2 is 1.48 bits per heavy atom. The zero-order chi connectivity index (χ0) is 30.4. The molecular weight excluding hydrogens is 530 g/mol. The second-order valence-corrected chi connectivity index (χ2v) is 11.8. The molecule has 9 heteroatoms. The Bertz CT molecular complexity index is 1220. The minimum atomic E-state index is -0.722. The molecule has 2 aliphatic heterocycles. The number of ether oxygens (including phenoxy) is 1. The molecule has 228 valence electrons. The van der Waals surface area contributed by atoms with E-state index in [0.29, 0.717) is 44.8 Å². The number of imide groups is 1. The molecule has 1 unspecified atom stereocenters. The van der Waals surface area contributed by atoms with Crippen LogP contribution in [0.15, 0.2) is 48.5 Å². The van der Waals surface area contributed by atoms with Crippen LogP contribution in [0, 0.1) is 12.3 Å². The van der Waals surface area contributed by atoms with Gasteiger partial charge in [-0.2, -0.15) is 0 Å². The van der Waals surface area contributed by atoms with Gasteiger partial charge in [0.1, 0.15) is 11.2 Å². The average Bonchev–Trinajstić information content (AvgIpc) is 2.99. The Hall–Kier alpha value is -3.59. The summed E-state index contributed by atoms with van der Waals surface area (Å²) in [4.78, 5) is 48.5. The molecule has 2 aromatic rings. The predicted octanol–water partition coefficient (Wildman–Crippen LogP) is 5.18. The maximum atomic E-state index is 13.8. The molecule has 5 amide bonds. The van der Waals surface area contributed by atoms with Crippen LogP contribution in [0.3, 0.4) is 0 Å². The molecule has 0 N–H and O–H groups in total. The molecular formula is C33H47N5O4. The lowest BCUT2D eigenvalue weighted by molar-refractivity contribution is -0.192. The number of rotatable bonds is 10. The highest BCUT2D eigenvalue weighted by Gasteiger charge is 2.63. The van der Waals surface area contributed by atoms with E-state index in [9.17, 15) is 14.4 Å². The summed E-state index contributed by atoms with van der Waals surface area (Å²) in [6.07, 6.45) is 1.34. The summed E-state index contributed by atoms with van der Waals surface area (Å²) in [5.74, 6) is 0.485. The number of piperazine rings is 1. The molecule has 2 fully saturated rings. The number of hydrogen-bond acceptors (Lipinski definition) is 5. The topological polar surface area (TPSA) is 76.6 Å². The minimum Gasteiger partial charge on any atom is -0.469 e. The molecule has 4 rings (SSSR count). The first-order chi connectivity index (χ1) is 20.1. The van der Waals surface area contributed by atoms with Gasteiger partial charge in [0.05, 0.1) is 0 Å². The monoisotopic (exact) mass is 577 g/mol. The van der Waals surface area contributed by atoms with E-state index >= 15 is 0 Å². The Morgan fingerprint density at radius 1 is 0.881 bits per heavy atom. The smallest absolute Gasteiger partial charge is 0.330 e. The van der Waals surface area contributed by atoms with Crippen LogP contribution in [0.2, 0.25) is 0 Å². The van der Waals surface area contributed by atoms with Crippen molar-refractivity contribution in [3.63, 3.8) is 0 Å². The average molecular weight is 578 g/mol. The first-order valence-electron chi connectivity index (χ1n) is 15.3. The number of benzene rings is 2. The van der Waals surface area contributed by atoms with Crippen molar-refractivity contribution in [1.82, 2.24) is 24.5 Å². The highest BCUT2D eigenvalue weighted by molar-refractivity contribution is 6.03. The summed E-state index contributed by atoms with van der Waals surface area (Å²) in [5, 5.41) is 0. The van der Waals surface area contributed by atoms with Crippen LogP contribution in [0.1, 0.15) is 56.7 Å². The molecule has 0 aliphatic carbocycles. The van der Waals surface area contributed by atoms with Crippen molar-refractivity contribution in [2.45, 2.75) is 66.3 Å². The SMILES string of the molecule is CCCN(Cc1ccc(C)cc1)C(=O)N1C(=O)C(CC)(CC)C1Oc1ccc(CN2CCN(C(=O)N(C)C)CC2)cc1. The second kappa shape index (κ2) is 13.6. The fourth-order valence-electron chi connectivity index (χ4n) is 5.91. The summed E-state index contributed by atoms with van der Waals surface area (Å²) in [5.41, 5.74) is 2.63. The van der Waals surface area contributed by atoms with Crippen molar-refractivity contribution in [1.29, 1.82) is 0 Å². The Kier molecular flexibility index (Phi) is 10.1. The number of amides is 5. The number of urea groups is 2. The van der Waals surface area contributed by atoms with E-state index in [1.54, 1.807) is 23.9 Å². The largest absolute Gasteiger partial charge is 0.469 e. The lowest BCUT2D eigenvalue weighted by Gasteiger charge is -2.54. The number of likely N-dealkylation sites (tertiary alicyclic amines) is 1. The van der Waals surface area contributed by atoms with Crippen LogP contribution in [0.5, 0.6) is 5.75 Å². The van der Waals surface area contributed by atoms with E-state index in [1.165, 1.54) is 10.5 Å². The number of nitrogens with zero attached hydrogens (tertiary/aromatic N) is 5. The Labute approximate surface area is 251 Å². The molecule has 2 aromatic carbocycles. The van der Waals surface area contributed by atoms with E-state index < -0.39 is 11.6 Å². The van der Waals surface area contributed by atoms with Crippen LogP contribution in [-0.2, 0) is 17.9 Å². The highest BCUT2D eigenvalue weighted by atomic mass is 16.5. The number of carbonyl (C=O) groups excluding carboxylic acids is 3. The van der Waals surface area contributed by atoms with E-state index in [4.69, 9.17) is 4.74 Å². The molecule has 0 saturated carbocycles. The summed E-state index contributed by atoms with van der Waals surface area (Å²) >= 11 is 0. The molecule has 9 nitrogen and oxygen atoms in total. The van der Waals surface area contributed by atoms with Crippen LogP contribution < -0.4 is 4.74 Å².